The molecular weight excluding hydrogens is 265 g/mol. The van der Waals surface area contributed by atoms with Crippen LogP contribution in [0.15, 0.2) is 30.3 Å². The number of hydrogen-bond donors (Lipinski definition) is 1. The van der Waals surface area contributed by atoms with Crippen LogP contribution < -0.4 is 5.32 Å². The Balaban J connectivity index is 2.17. The molecule has 110 valence electrons. The third-order valence-electron chi connectivity index (χ3n) is 4.47. The first-order valence-corrected chi connectivity index (χ1v) is 7.45. The summed E-state index contributed by atoms with van der Waals surface area (Å²) in [7, 11) is 1.69. The number of aryl methyl sites for hydroxylation is 1. The summed E-state index contributed by atoms with van der Waals surface area (Å²) in [5, 5.41) is 2.84. The van der Waals surface area contributed by atoms with Gasteiger partial charge in [0.1, 0.15) is 5.82 Å². The van der Waals surface area contributed by atoms with Gasteiger partial charge in [-0.05, 0) is 25.3 Å². The standard InChI is InChI=1S/C17H20FN3/c1-12-14(18)15(19-2)21-16(20-12)17(10-6-7-11-17)13-8-4-3-5-9-13/h3-5,8-9H,6-7,10-11H2,1-2H3,(H,19,20,21). The van der Waals surface area contributed by atoms with E-state index in [0.29, 0.717) is 11.5 Å². The van der Waals surface area contributed by atoms with Crippen molar-refractivity contribution in [1.82, 2.24) is 9.97 Å². The second-order valence-corrected chi connectivity index (χ2v) is 5.70. The average Bonchev–Trinajstić information content (AvgIpc) is 3.01. The van der Waals surface area contributed by atoms with Crippen molar-refractivity contribution in [3.8, 4) is 0 Å². The van der Waals surface area contributed by atoms with Crippen molar-refractivity contribution in [2.24, 2.45) is 0 Å². The van der Waals surface area contributed by atoms with Gasteiger partial charge in [0.05, 0.1) is 11.1 Å². The van der Waals surface area contributed by atoms with Gasteiger partial charge in [-0.2, -0.15) is 0 Å². The van der Waals surface area contributed by atoms with Crippen molar-refractivity contribution in [2.45, 2.75) is 38.0 Å². The number of benzene rings is 1. The van der Waals surface area contributed by atoms with E-state index >= 15 is 0 Å². The second-order valence-electron chi connectivity index (χ2n) is 5.70. The van der Waals surface area contributed by atoms with Crippen molar-refractivity contribution in [1.29, 1.82) is 0 Å². The van der Waals surface area contributed by atoms with Gasteiger partial charge in [0.2, 0.25) is 0 Å². The summed E-state index contributed by atoms with van der Waals surface area (Å²) in [5.41, 5.74) is 1.47. The quantitative estimate of drug-likeness (QED) is 0.931. The van der Waals surface area contributed by atoms with Crippen molar-refractivity contribution in [2.75, 3.05) is 12.4 Å². The van der Waals surface area contributed by atoms with Gasteiger partial charge in [0.15, 0.2) is 11.6 Å². The number of nitrogens with zero attached hydrogens (tertiary/aromatic N) is 2. The van der Waals surface area contributed by atoms with Gasteiger partial charge in [-0.1, -0.05) is 43.2 Å². The molecule has 0 aliphatic heterocycles. The Bertz CT molecular complexity index is 634. The lowest BCUT2D eigenvalue weighted by Crippen LogP contribution is -2.28. The maximum Gasteiger partial charge on any atom is 0.186 e. The number of aromatic nitrogens is 2. The normalized spacial score (nSPS) is 16.9. The molecule has 0 spiro atoms. The molecule has 0 saturated heterocycles. The predicted molar refractivity (Wildman–Crippen MR) is 82.0 cm³/mol. The lowest BCUT2D eigenvalue weighted by Gasteiger charge is -2.28. The van der Waals surface area contributed by atoms with E-state index in [1.165, 1.54) is 5.56 Å². The number of nitrogens with one attached hydrogen (secondary N) is 1. The Kier molecular flexibility index (Phi) is 3.62. The summed E-state index contributed by atoms with van der Waals surface area (Å²) in [5.74, 6) is 0.677. The van der Waals surface area contributed by atoms with E-state index < -0.39 is 0 Å². The molecule has 0 bridgehead atoms. The first-order chi connectivity index (χ1) is 10.2. The van der Waals surface area contributed by atoms with Gasteiger partial charge in [-0.15, -0.1) is 0 Å². The number of rotatable bonds is 3. The molecule has 1 heterocycles. The molecule has 1 fully saturated rings. The third-order valence-corrected chi connectivity index (χ3v) is 4.47. The van der Waals surface area contributed by atoms with Crippen LogP contribution in [-0.4, -0.2) is 17.0 Å². The molecule has 0 amide bonds. The Morgan fingerprint density at radius 2 is 1.76 bits per heavy atom. The fraction of sp³-hybridized carbons (Fsp3) is 0.412. The molecule has 0 radical (unpaired) electrons. The number of halogens is 1. The summed E-state index contributed by atoms with van der Waals surface area (Å²) in [6.45, 7) is 1.70. The second kappa shape index (κ2) is 5.43. The molecule has 2 aromatic rings. The maximum absolute atomic E-state index is 14.0. The van der Waals surface area contributed by atoms with Crippen molar-refractivity contribution in [3.05, 3.63) is 53.2 Å². The smallest absolute Gasteiger partial charge is 0.186 e. The molecule has 1 aromatic carbocycles. The Labute approximate surface area is 124 Å². The highest BCUT2D eigenvalue weighted by atomic mass is 19.1. The lowest BCUT2D eigenvalue weighted by atomic mass is 9.78. The van der Waals surface area contributed by atoms with Crippen molar-refractivity contribution < 1.29 is 4.39 Å². The van der Waals surface area contributed by atoms with Crippen LogP contribution in [0.5, 0.6) is 0 Å². The molecule has 1 aliphatic rings. The number of hydrogen-bond acceptors (Lipinski definition) is 3. The fourth-order valence-electron chi connectivity index (χ4n) is 3.32. The van der Waals surface area contributed by atoms with E-state index in [1.807, 2.05) is 18.2 Å². The van der Waals surface area contributed by atoms with E-state index in [2.05, 4.69) is 27.4 Å². The minimum Gasteiger partial charge on any atom is -0.371 e. The first-order valence-electron chi connectivity index (χ1n) is 7.45. The first kappa shape index (κ1) is 14.0. The van der Waals surface area contributed by atoms with E-state index in [0.717, 1.165) is 31.5 Å². The molecule has 3 nitrogen and oxygen atoms in total. The SMILES string of the molecule is CNc1nc(C2(c3ccccc3)CCCC2)nc(C)c1F. The van der Waals surface area contributed by atoms with Crippen LogP contribution in [0.3, 0.4) is 0 Å². The molecule has 0 atom stereocenters. The van der Waals surface area contributed by atoms with E-state index in [9.17, 15) is 4.39 Å². The molecule has 4 heteroatoms. The van der Waals surface area contributed by atoms with E-state index in [1.54, 1.807) is 14.0 Å². The molecule has 3 rings (SSSR count). The highest BCUT2D eigenvalue weighted by molar-refractivity contribution is 5.42. The Morgan fingerprint density at radius 3 is 2.38 bits per heavy atom. The topological polar surface area (TPSA) is 37.8 Å². The lowest BCUT2D eigenvalue weighted by molar-refractivity contribution is 0.489. The summed E-state index contributed by atoms with van der Waals surface area (Å²) >= 11 is 0. The summed E-state index contributed by atoms with van der Waals surface area (Å²) in [6, 6.07) is 10.4. The Hall–Kier alpha value is -1.97. The van der Waals surface area contributed by atoms with E-state index in [4.69, 9.17) is 0 Å². The van der Waals surface area contributed by atoms with Crippen LogP contribution in [0.25, 0.3) is 0 Å². The van der Waals surface area contributed by atoms with Crippen molar-refractivity contribution >= 4 is 5.82 Å². The maximum atomic E-state index is 14.0. The van der Waals surface area contributed by atoms with Crippen LogP contribution in [-0.2, 0) is 5.41 Å². The monoisotopic (exact) mass is 285 g/mol. The van der Waals surface area contributed by atoms with Crippen LogP contribution >= 0.6 is 0 Å². The molecule has 1 aliphatic carbocycles. The van der Waals surface area contributed by atoms with Gasteiger partial charge in [-0.25, -0.2) is 14.4 Å². The number of anilines is 1. The highest BCUT2D eigenvalue weighted by Crippen LogP contribution is 2.45. The molecular formula is C17H20FN3. The van der Waals surface area contributed by atoms with Crippen molar-refractivity contribution in [3.63, 3.8) is 0 Å². The van der Waals surface area contributed by atoms with Gasteiger partial charge >= 0.3 is 0 Å². The third kappa shape index (κ3) is 2.28. The van der Waals surface area contributed by atoms with Crippen LogP contribution in [0.4, 0.5) is 10.2 Å². The molecule has 1 saturated carbocycles. The highest BCUT2D eigenvalue weighted by Gasteiger charge is 2.40. The zero-order valence-corrected chi connectivity index (χ0v) is 12.5. The average molecular weight is 285 g/mol. The molecule has 0 unspecified atom stereocenters. The van der Waals surface area contributed by atoms with Crippen LogP contribution in [0.1, 0.15) is 42.8 Å². The zero-order valence-electron chi connectivity index (χ0n) is 12.5. The minimum absolute atomic E-state index is 0.175. The zero-order chi connectivity index (χ0) is 14.9. The van der Waals surface area contributed by atoms with E-state index in [-0.39, 0.29) is 11.2 Å². The summed E-state index contributed by atoms with van der Waals surface area (Å²) in [6.07, 6.45) is 4.35. The van der Waals surface area contributed by atoms with Gasteiger partial charge in [0, 0.05) is 7.05 Å². The van der Waals surface area contributed by atoms with Gasteiger partial charge in [0.25, 0.3) is 0 Å². The predicted octanol–water partition coefficient (Wildman–Crippen LogP) is 3.83. The minimum atomic E-state index is -0.359. The Morgan fingerprint density at radius 1 is 1.10 bits per heavy atom. The van der Waals surface area contributed by atoms with Gasteiger partial charge < -0.3 is 5.32 Å². The molecule has 1 N–H and O–H groups in total. The van der Waals surface area contributed by atoms with Gasteiger partial charge in [-0.3, -0.25) is 0 Å². The summed E-state index contributed by atoms with van der Waals surface area (Å²) in [4.78, 5) is 8.97. The van der Waals surface area contributed by atoms with Crippen LogP contribution in [0, 0.1) is 12.7 Å². The molecule has 21 heavy (non-hydrogen) atoms. The van der Waals surface area contributed by atoms with Crippen LogP contribution in [0.2, 0.25) is 0 Å². The largest absolute Gasteiger partial charge is 0.371 e. The molecule has 1 aromatic heterocycles. The summed E-state index contributed by atoms with van der Waals surface area (Å²) < 4.78 is 14.0. The fourth-order valence-corrected chi connectivity index (χ4v) is 3.32.